The van der Waals surface area contributed by atoms with Gasteiger partial charge in [-0.2, -0.15) is 9.65 Å². The maximum atomic E-state index is 13.4. The topological polar surface area (TPSA) is 57.0 Å². The highest BCUT2D eigenvalue weighted by molar-refractivity contribution is 5.94. The van der Waals surface area contributed by atoms with Crippen molar-refractivity contribution in [2.45, 2.75) is 19.8 Å². The van der Waals surface area contributed by atoms with Crippen molar-refractivity contribution in [1.82, 2.24) is 9.88 Å². The summed E-state index contributed by atoms with van der Waals surface area (Å²) in [6.45, 7) is 2.86. The molecule has 0 radical (unpaired) electrons. The molecular weight excluding hydrogens is 233 g/mol. The van der Waals surface area contributed by atoms with E-state index in [2.05, 4.69) is 11.1 Å². The number of halogens is 1. The van der Waals surface area contributed by atoms with Crippen LogP contribution in [0, 0.1) is 22.7 Å². The monoisotopic (exact) mass is 247 g/mol. The Bertz CT molecular complexity index is 501. The molecule has 0 aromatic carbocycles. The summed E-state index contributed by atoms with van der Waals surface area (Å²) in [6.07, 6.45) is 2.56. The second-order valence-corrected chi connectivity index (χ2v) is 4.81. The number of likely N-dealkylation sites (tertiary alicyclic amines) is 1. The first-order chi connectivity index (χ1) is 8.56. The Kier molecular flexibility index (Phi) is 3.28. The standard InChI is InChI=1S/C13H14FN3O/c1-13(9-15)4-7-17(8-5-13)12(18)10-3-2-6-16-11(10)14/h2-3,6H,4-5,7-8H2,1H3. The van der Waals surface area contributed by atoms with Crippen LogP contribution in [0.15, 0.2) is 18.3 Å². The van der Waals surface area contributed by atoms with Crippen LogP contribution in [-0.4, -0.2) is 28.9 Å². The normalized spacial score (nSPS) is 18.2. The number of amides is 1. The van der Waals surface area contributed by atoms with Crippen molar-refractivity contribution in [1.29, 1.82) is 5.26 Å². The fraction of sp³-hybridized carbons (Fsp3) is 0.462. The third-order valence-corrected chi connectivity index (χ3v) is 3.41. The fourth-order valence-corrected chi connectivity index (χ4v) is 2.03. The van der Waals surface area contributed by atoms with Crippen LogP contribution in [-0.2, 0) is 0 Å². The zero-order valence-electron chi connectivity index (χ0n) is 10.2. The van der Waals surface area contributed by atoms with Crippen LogP contribution in [0.5, 0.6) is 0 Å². The summed E-state index contributed by atoms with van der Waals surface area (Å²) in [5.74, 6) is -1.09. The lowest BCUT2D eigenvalue weighted by Crippen LogP contribution is -2.42. The van der Waals surface area contributed by atoms with E-state index >= 15 is 0 Å². The lowest BCUT2D eigenvalue weighted by Gasteiger charge is -2.34. The van der Waals surface area contributed by atoms with E-state index in [-0.39, 0.29) is 16.9 Å². The summed E-state index contributed by atoms with van der Waals surface area (Å²) in [5.41, 5.74) is -0.373. The molecule has 1 amide bonds. The zero-order valence-corrected chi connectivity index (χ0v) is 10.2. The lowest BCUT2D eigenvalue weighted by molar-refractivity contribution is 0.0656. The van der Waals surface area contributed by atoms with Gasteiger partial charge in [-0.1, -0.05) is 0 Å². The first kappa shape index (κ1) is 12.5. The Labute approximate surface area is 105 Å². The van der Waals surface area contributed by atoms with E-state index in [1.165, 1.54) is 12.3 Å². The van der Waals surface area contributed by atoms with Crippen LogP contribution in [0.2, 0.25) is 0 Å². The van der Waals surface area contributed by atoms with Gasteiger partial charge in [0.25, 0.3) is 5.91 Å². The maximum absolute atomic E-state index is 13.4. The number of carbonyl (C=O) groups is 1. The zero-order chi connectivity index (χ0) is 13.2. The molecule has 4 nitrogen and oxygen atoms in total. The molecule has 2 rings (SSSR count). The molecule has 0 unspecified atom stereocenters. The van der Waals surface area contributed by atoms with Gasteiger partial charge >= 0.3 is 0 Å². The minimum absolute atomic E-state index is 0.00180. The van der Waals surface area contributed by atoms with Gasteiger partial charge in [-0.05, 0) is 31.9 Å². The highest BCUT2D eigenvalue weighted by atomic mass is 19.1. The number of hydrogen-bond donors (Lipinski definition) is 0. The van der Waals surface area contributed by atoms with Crippen molar-refractivity contribution < 1.29 is 9.18 Å². The first-order valence-corrected chi connectivity index (χ1v) is 5.87. The van der Waals surface area contributed by atoms with Crippen molar-refractivity contribution in [2.75, 3.05) is 13.1 Å². The van der Waals surface area contributed by atoms with Gasteiger partial charge in [0.15, 0.2) is 0 Å². The SMILES string of the molecule is CC1(C#N)CCN(C(=O)c2cccnc2F)CC1. The number of pyridine rings is 1. The van der Waals surface area contributed by atoms with Crippen LogP contribution >= 0.6 is 0 Å². The van der Waals surface area contributed by atoms with Crippen molar-refractivity contribution in [2.24, 2.45) is 5.41 Å². The number of carbonyl (C=O) groups excluding carboxylic acids is 1. The largest absolute Gasteiger partial charge is 0.338 e. The van der Waals surface area contributed by atoms with E-state index < -0.39 is 5.95 Å². The number of piperidine rings is 1. The van der Waals surface area contributed by atoms with Crippen LogP contribution in [0.4, 0.5) is 4.39 Å². The van der Waals surface area contributed by atoms with Crippen molar-refractivity contribution >= 4 is 5.91 Å². The van der Waals surface area contributed by atoms with E-state index in [0.717, 1.165) is 0 Å². The van der Waals surface area contributed by atoms with E-state index in [9.17, 15) is 9.18 Å². The molecule has 5 heteroatoms. The van der Waals surface area contributed by atoms with E-state index in [0.29, 0.717) is 25.9 Å². The molecule has 1 aliphatic heterocycles. The van der Waals surface area contributed by atoms with Gasteiger partial charge in [0.2, 0.25) is 5.95 Å². The molecule has 0 bridgehead atoms. The van der Waals surface area contributed by atoms with Crippen LogP contribution in [0.25, 0.3) is 0 Å². The highest BCUT2D eigenvalue weighted by Crippen LogP contribution is 2.30. The summed E-state index contributed by atoms with van der Waals surface area (Å²) in [4.78, 5) is 17.1. The summed E-state index contributed by atoms with van der Waals surface area (Å²) < 4.78 is 13.4. The van der Waals surface area contributed by atoms with Crippen molar-refractivity contribution in [3.8, 4) is 6.07 Å². The molecule has 0 saturated carbocycles. The second-order valence-electron chi connectivity index (χ2n) is 4.81. The third-order valence-electron chi connectivity index (χ3n) is 3.41. The molecule has 1 fully saturated rings. The average molecular weight is 247 g/mol. The van der Waals surface area contributed by atoms with Gasteiger partial charge in [0, 0.05) is 19.3 Å². The van der Waals surface area contributed by atoms with Crippen molar-refractivity contribution in [3.63, 3.8) is 0 Å². The maximum Gasteiger partial charge on any atom is 0.258 e. The average Bonchev–Trinajstić information content (AvgIpc) is 2.39. The summed E-state index contributed by atoms with van der Waals surface area (Å²) in [5, 5.41) is 9.01. The molecule has 18 heavy (non-hydrogen) atoms. The van der Waals surface area contributed by atoms with Gasteiger partial charge in [-0.25, -0.2) is 4.98 Å². The van der Waals surface area contributed by atoms with E-state index in [1.807, 2.05) is 6.92 Å². The van der Waals surface area contributed by atoms with E-state index in [4.69, 9.17) is 5.26 Å². The molecule has 1 aromatic rings. The fourth-order valence-electron chi connectivity index (χ4n) is 2.03. The number of aromatic nitrogens is 1. The third kappa shape index (κ3) is 2.33. The Hall–Kier alpha value is -1.96. The van der Waals surface area contributed by atoms with Gasteiger partial charge in [-0.3, -0.25) is 4.79 Å². The van der Waals surface area contributed by atoms with E-state index in [1.54, 1.807) is 11.0 Å². The van der Waals surface area contributed by atoms with Crippen LogP contribution in [0.1, 0.15) is 30.1 Å². The summed E-state index contributed by atoms with van der Waals surface area (Å²) in [6, 6.07) is 5.24. The Balaban J connectivity index is 2.10. The molecule has 0 N–H and O–H groups in total. The molecule has 2 heterocycles. The number of hydrogen-bond acceptors (Lipinski definition) is 3. The van der Waals surface area contributed by atoms with Gasteiger partial charge < -0.3 is 4.90 Å². The lowest BCUT2D eigenvalue weighted by atomic mass is 9.82. The Morgan fingerprint density at radius 1 is 1.56 bits per heavy atom. The first-order valence-electron chi connectivity index (χ1n) is 5.87. The molecular formula is C13H14FN3O. The summed E-state index contributed by atoms with van der Waals surface area (Å²) in [7, 11) is 0. The van der Waals surface area contributed by atoms with Crippen molar-refractivity contribution in [3.05, 3.63) is 29.8 Å². The predicted molar refractivity (Wildman–Crippen MR) is 63.1 cm³/mol. The minimum Gasteiger partial charge on any atom is -0.338 e. The number of nitrogens with zero attached hydrogens (tertiary/aromatic N) is 3. The van der Waals surface area contributed by atoms with Crippen LogP contribution < -0.4 is 0 Å². The number of nitriles is 1. The molecule has 1 aliphatic rings. The molecule has 0 atom stereocenters. The molecule has 1 aromatic heterocycles. The van der Waals surface area contributed by atoms with Gasteiger partial charge in [0.1, 0.15) is 0 Å². The Morgan fingerprint density at radius 2 is 2.22 bits per heavy atom. The Morgan fingerprint density at radius 3 is 2.78 bits per heavy atom. The predicted octanol–water partition coefficient (Wildman–Crippen LogP) is 1.99. The van der Waals surface area contributed by atoms with Crippen LogP contribution in [0.3, 0.4) is 0 Å². The number of rotatable bonds is 1. The molecule has 0 spiro atoms. The highest BCUT2D eigenvalue weighted by Gasteiger charge is 2.32. The molecule has 94 valence electrons. The minimum atomic E-state index is -0.740. The smallest absolute Gasteiger partial charge is 0.258 e. The summed E-state index contributed by atoms with van der Waals surface area (Å²) >= 11 is 0. The van der Waals surface area contributed by atoms with Gasteiger partial charge in [0.05, 0.1) is 17.0 Å². The second kappa shape index (κ2) is 4.73. The molecule has 1 saturated heterocycles. The van der Waals surface area contributed by atoms with Gasteiger partial charge in [-0.15, -0.1) is 0 Å². The molecule has 0 aliphatic carbocycles. The quantitative estimate of drug-likeness (QED) is 0.713.